The molecule has 124 valence electrons. The number of ether oxygens (including phenoxy) is 1. The standard InChI is InChI=1S/C19H22N4O/c1-24-17-6-4-5-16(13-17)22-11-7-15(8-12-22)18-14-19(21-20-18)23-9-2-3-10-23/h2-6,9-10,13-15H,7-8,11-12H2,1H3,(H,20,21). The summed E-state index contributed by atoms with van der Waals surface area (Å²) >= 11 is 0. The molecule has 0 aliphatic carbocycles. The van der Waals surface area contributed by atoms with Gasteiger partial charge in [-0.15, -0.1) is 0 Å². The van der Waals surface area contributed by atoms with Crippen LogP contribution in [0.5, 0.6) is 5.75 Å². The monoisotopic (exact) mass is 322 g/mol. The van der Waals surface area contributed by atoms with Gasteiger partial charge in [0, 0.05) is 54.9 Å². The molecule has 1 aromatic carbocycles. The molecule has 0 spiro atoms. The molecule has 4 rings (SSSR count). The number of anilines is 1. The molecule has 0 atom stereocenters. The minimum Gasteiger partial charge on any atom is -0.497 e. The molecule has 24 heavy (non-hydrogen) atoms. The van der Waals surface area contributed by atoms with E-state index < -0.39 is 0 Å². The lowest BCUT2D eigenvalue weighted by Gasteiger charge is -2.33. The van der Waals surface area contributed by atoms with Gasteiger partial charge in [0.05, 0.1) is 7.11 Å². The minimum absolute atomic E-state index is 0.545. The summed E-state index contributed by atoms with van der Waals surface area (Å²) in [5.41, 5.74) is 2.48. The molecule has 0 bridgehead atoms. The van der Waals surface area contributed by atoms with Crippen molar-refractivity contribution in [3.05, 3.63) is 60.6 Å². The molecule has 5 nitrogen and oxygen atoms in total. The lowest BCUT2D eigenvalue weighted by molar-refractivity contribution is 0.414. The fourth-order valence-corrected chi connectivity index (χ4v) is 3.41. The molecule has 0 unspecified atom stereocenters. The molecule has 3 heterocycles. The quantitative estimate of drug-likeness (QED) is 0.798. The van der Waals surface area contributed by atoms with Crippen molar-refractivity contribution in [2.75, 3.05) is 25.1 Å². The molecule has 3 aromatic rings. The van der Waals surface area contributed by atoms with Crippen molar-refractivity contribution >= 4 is 5.69 Å². The maximum absolute atomic E-state index is 5.33. The number of nitrogens with one attached hydrogen (secondary N) is 1. The van der Waals surface area contributed by atoms with Crippen molar-refractivity contribution in [3.8, 4) is 11.6 Å². The third kappa shape index (κ3) is 2.89. The number of H-pyrrole nitrogens is 1. The van der Waals surface area contributed by atoms with Crippen LogP contribution >= 0.6 is 0 Å². The van der Waals surface area contributed by atoms with E-state index in [9.17, 15) is 0 Å². The zero-order valence-electron chi connectivity index (χ0n) is 13.9. The van der Waals surface area contributed by atoms with E-state index in [1.165, 1.54) is 11.4 Å². The highest BCUT2D eigenvalue weighted by atomic mass is 16.5. The zero-order chi connectivity index (χ0) is 16.4. The topological polar surface area (TPSA) is 46.1 Å². The lowest BCUT2D eigenvalue weighted by atomic mass is 9.93. The molecule has 1 saturated heterocycles. The third-order valence-electron chi connectivity index (χ3n) is 4.81. The van der Waals surface area contributed by atoms with Gasteiger partial charge in [-0.25, -0.2) is 0 Å². The second-order valence-electron chi connectivity index (χ2n) is 6.23. The average molecular weight is 322 g/mol. The van der Waals surface area contributed by atoms with Crippen LogP contribution in [0.2, 0.25) is 0 Å². The van der Waals surface area contributed by atoms with E-state index in [0.717, 1.165) is 37.5 Å². The van der Waals surface area contributed by atoms with Gasteiger partial charge in [0.15, 0.2) is 5.82 Å². The second-order valence-corrected chi connectivity index (χ2v) is 6.23. The summed E-state index contributed by atoms with van der Waals surface area (Å²) in [5.74, 6) is 2.42. The summed E-state index contributed by atoms with van der Waals surface area (Å²) in [7, 11) is 1.71. The number of aromatic amines is 1. The molecule has 1 fully saturated rings. The normalized spacial score (nSPS) is 15.6. The van der Waals surface area contributed by atoms with Crippen molar-refractivity contribution in [1.29, 1.82) is 0 Å². The maximum atomic E-state index is 5.33. The van der Waals surface area contributed by atoms with Crippen LogP contribution in [0.3, 0.4) is 0 Å². The molecule has 2 aromatic heterocycles. The van der Waals surface area contributed by atoms with Gasteiger partial charge in [0.1, 0.15) is 5.75 Å². The lowest BCUT2D eigenvalue weighted by Crippen LogP contribution is -2.32. The molecule has 0 radical (unpaired) electrons. The van der Waals surface area contributed by atoms with E-state index in [-0.39, 0.29) is 0 Å². The number of piperidine rings is 1. The Bertz CT molecular complexity index is 785. The Balaban J connectivity index is 1.42. The molecule has 1 aliphatic heterocycles. The number of methoxy groups -OCH3 is 1. The Hall–Kier alpha value is -2.69. The molecule has 1 aliphatic rings. The van der Waals surface area contributed by atoms with E-state index >= 15 is 0 Å². The summed E-state index contributed by atoms with van der Waals surface area (Å²) in [6.45, 7) is 2.10. The van der Waals surface area contributed by atoms with Crippen LogP contribution < -0.4 is 9.64 Å². The Morgan fingerprint density at radius 2 is 1.88 bits per heavy atom. The van der Waals surface area contributed by atoms with Gasteiger partial charge in [0.2, 0.25) is 0 Å². The van der Waals surface area contributed by atoms with Crippen molar-refractivity contribution in [2.24, 2.45) is 0 Å². The molecule has 0 saturated carbocycles. The highest BCUT2D eigenvalue weighted by Gasteiger charge is 2.22. The summed E-state index contributed by atoms with van der Waals surface area (Å²) in [5, 5.41) is 7.67. The van der Waals surface area contributed by atoms with E-state index in [4.69, 9.17) is 4.74 Å². The highest BCUT2D eigenvalue weighted by Crippen LogP contribution is 2.31. The van der Waals surface area contributed by atoms with Crippen molar-refractivity contribution in [1.82, 2.24) is 14.8 Å². The number of hydrogen-bond donors (Lipinski definition) is 1. The number of nitrogens with zero attached hydrogens (tertiary/aromatic N) is 3. The maximum Gasteiger partial charge on any atom is 0.158 e. The van der Waals surface area contributed by atoms with E-state index in [2.05, 4.69) is 39.4 Å². The van der Waals surface area contributed by atoms with E-state index in [1.807, 2.05) is 35.2 Å². The van der Waals surface area contributed by atoms with Crippen molar-refractivity contribution in [2.45, 2.75) is 18.8 Å². The molecular weight excluding hydrogens is 300 g/mol. The van der Waals surface area contributed by atoms with Crippen LogP contribution in [0, 0.1) is 0 Å². The zero-order valence-corrected chi connectivity index (χ0v) is 13.9. The smallest absolute Gasteiger partial charge is 0.158 e. The van der Waals surface area contributed by atoms with Crippen LogP contribution in [0.25, 0.3) is 5.82 Å². The molecular formula is C19H22N4O. The van der Waals surface area contributed by atoms with Crippen LogP contribution in [0.15, 0.2) is 54.9 Å². The Morgan fingerprint density at radius 1 is 1.08 bits per heavy atom. The number of benzene rings is 1. The average Bonchev–Trinajstić information content (AvgIpc) is 3.33. The van der Waals surface area contributed by atoms with Gasteiger partial charge in [-0.3, -0.25) is 5.10 Å². The van der Waals surface area contributed by atoms with Crippen LogP contribution in [0.1, 0.15) is 24.5 Å². The Morgan fingerprint density at radius 3 is 2.62 bits per heavy atom. The second kappa shape index (κ2) is 6.43. The summed E-state index contributed by atoms with van der Waals surface area (Å²) in [6, 6.07) is 14.5. The fraction of sp³-hybridized carbons (Fsp3) is 0.316. The summed E-state index contributed by atoms with van der Waals surface area (Å²) in [4.78, 5) is 2.43. The van der Waals surface area contributed by atoms with E-state index in [0.29, 0.717) is 5.92 Å². The molecule has 1 N–H and O–H groups in total. The van der Waals surface area contributed by atoms with Crippen LogP contribution in [-0.4, -0.2) is 35.0 Å². The first-order valence-electron chi connectivity index (χ1n) is 8.41. The SMILES string of the molecule is COc1cccc(N2CCC(c3cc(-n4cccc4)n[nH]3)CC2)c1. The highest BCUT2D eigenvalue weighted by molar-refractivity contribution is 5.51. The predicted octanol–water partition coefficient (Wildman–Crippen LogP) is 3.59. The largest absolute Gasteiger partial charge is 0.497 e. The third-order valence-corrected chi connectivity index (χ3v) is 4.81. The van der Waals surface area contributed by atoms with Crippen LogP contribution in [-0.2, 0) is 0 Å². The number of rotatable bonds is 4. The first-order chi connectivity index (χ1) is 11.8. The Kier molecular flexibility index (Phi) is 3.99. The van der Waals surface area contributed by atoms with Gasteiger partial charge in [-0.2, -0.15) is 5.10 Å². The first kappa shape index (κ1) is 14.9. The van der Waals surface area contributed by atoms with Crippen molar-refractivity contribution < 1.29 is 4.74 Å². The number of aromatic nitrogens is 3. The van der Waals surface area contributed by atoms with Crippen LogP contribution in [0.4, 0.5) is 5.69 Å². The minimum atomic E-state index is 0.545. The molecule has 0 amide bonds. The van der Waals surface area contributed by atoms with Gasteiger partial charge < -0.3 is 14.2 Å². The fourth-order valence-electron chi connectivity index (χ4n) is 3.41. The van der Waals surface area contributed by atoms with Gasteiger partial charge in [-0.1, -0.05) is 6.07 Å². The first-order valence-corrected chi connectivity index (χ1v) is 8.41. The summed E-state index contributed by atoms with van der Waals surface area (Å²) < 4.78 is 7.37. The molecule has 5 heteroatoms. The predicted molar refractivity (Wildman–Crippen MR) is 95.1 cm³/mol. The van der Waals surface area contributed by atoms with Gasteiger partial charge in [-0.05, 0) is 37.1 Å². The number of hydrogen-bond acceptors (Lipinski definition) is 3. The van der Waals surface area contributed by atoms with Crippen molar-refractivity contribution in [3.63, 3.8) is 0 Å². The van der Waals surface area contributed by atoms with E-state index in [1.54, 1.807) is 7.11 Å². The van der Waals surface area contributed by atoms with Gasteiger partial charge >= 0.3 is 0 Å². The summed E-state index contributed by atoms with van der Waals surface area (Å²) in [6.07, 6.45) is 6.30. The van der Waals surface area contributed by atoms with Gasteiger partial charge in [0.25, 0.3) is 0 Å². The Labute approximate surface area is 141 Å².